The number of benzene rings is 2. The fraction of sp³-hybridized carbons (Fsp3) is 0.333. The van der Waals surface area contributed by atoms with Crippen molar-refractivity contribution >= 4 is 58.5 Å². The molecule has 15 heteroatoms. The molecule has 1 heterocycles. The summed E-state index contributed by atoms with van der Waals surface area (Å²) in [6.45, 7) is -0.390. The molecule has 208 valence electrons. The number of hydrogen-bond acceptors (Lipinski definition) is 10. The van der Waals surface area contributed by atoms with Crippen molar-refractivity contribution in [3.05, 3.63) is 52.0 Å². The van der Waals surface area contributed by atoms with Gasteiger partial charge >= 0.3 is 12.1 Å². The van der Waals surface area contributed by atoms with Crippen LogP contribution < -0.4 is 15.0 Å². The normalized spacial score (nSPS) is 11.5. The average Bonchev–Trinajstić information content (AvgIpc) is 3.32. The Bertz CT molecular complexity index is 1300. The highest BCUT2D eigenvalue weighted by Crippen LogP contribution is 2.40. The summed E-state index contributed by atoms with van der Waals surface area (Å²) in [4.78, 5) is 39.0. The van der Waals surface area contributed by atoms with E-state index >= 15 is 0 Å². The molecular formula is C24H26Cl2N6O6S. The maximum Gasteiger partial charge on any atom is 0.407 e. The van der Waals surface area contributed by atoms with Gasteiger partial charge in [-0.25, -0.2) is 9.48 Å². The lowest BCUT2D eigenvalue weighted by Crippen LogP contribution is -2.44. The van der Waals surface area contributed by atoms with Gasteiger partial charge in [-0.15, -0.1) is 5.10 Å². The molecule has 0 spiro atoms. The van der Waals surface area contributed by atoms with E-state index in [0.717, 1.165) is 23.0 Å². The molecule has 2 aromatic carbocycles. The zero-order chi connectivity index (χ0) is 28.5. The summed E-state index contributed by atoms with van der Waals surface area (Å²) in [6.07, 6.45) is -1.16. The van der Waals surface area contributed by atoms with Gasteiger partial charge in [0.2, 0.25) is 5.16 Å². The van der Waals surface area contributed by atoms with E-state index in [9.17, 15) is 19.5 Å². The van der Waals surface area contributed by atoms with Crippen LogP contribution in [-0.2, 0) is 27.3 Å². The number of methoxy groups -OCH3 is 1. The molecule has 2 N–H and O–H groups in total. The number of carboxylic acid groups (broad SMARTS) is 1. The van der Waals surface area contributed by atoms with Crippen molar-refractivity contribution in [1.82, 2.24) is 25.5 Å². The van der Waals surface area contributed by atoms with E-state index in [-0.39, 0.29) is 11.8 Å². The van der Waals surface area contributed by atoms with Crippen molar-refractivity contribution in [2.45, 2.75) is 35.5 Å². The number of carbonyl (C=O) groups is 3. The molecule has 0 bridgehead atoms. The van der Waals surface area contributed by atoms with Crippen LogP contribution in [0.25, 0.3) is 0 Å². The number of ether oxygens (including phenoxy) is 2. The second-order valence-corrected chi connectivity index (χ2v) is 10.1. The van der Waals surface area contributed by atoms with Crippen LogP contribution >= 0.6 is 35.0 Å². The van der Waals surface area contributed by atoms with Crippen LogP contribution in [0.15, 0.2) is 46.5 Å². The lowest BCUT2D eigenvalue weighted by molar-refractivity contribution is -0.139. The zero-order valence-corrected chi connectivity index (χ0v) is 23.6. The predicted molar refractivity (Wildman–Crippen MR) is 145 cm³/mol. The van der Waals surface area contributed by atoms with E-state index in [0.29, 0.717) is 27.1 Å². The number of ketones is 1. The van der Waals surface area contributed by atoms with Gasteiger partial charge in [-0.1, -0.05) is 35.3 Å². The number of tetrazole rings is 1. The Hall–Kier alpha value is -3.55. The van der Waals surface area contributed by atoms with Gasteiger partial charge in [0.15, 0.2) is 5.78 Å². The van der Waals surface area contributed by atoms with E-state index in [1.807, 2.05) is 31.1 Å². The van der Waals surface area contributed by atoms with E-state index < -0.39 is 36.9 Å². The predicted octanol–water partition coefficient (Wildman–Crippen LogP) is 3.59. The first-order chi connectivity index (χ1) is 18.6. The van der Waals surface area contributed by atoms with Crippen molar-refractivity contribution in [3.8, 4) is 5.75 Å². The molecular weight excluding hydrogens is 571 g/mol. The number of anilines is 1. The molecule has 39 heavy (non-hydrogen) atoms. The van der Waals surface area contributed by atoms with E-state index in [4.69, 9.17) is 32.7 Å². The van der Waals surface area contributed by atoms with Crippen molar-refractivity contribution in [3.63, 3.8) is 0 Å². The molecule has 0 aliphatic carbocycles. The van der Waals surface area contributed by atoms with Gasteiger partial charge in [0.05, 0.1) is 35.1 Å². The number of aliphatic carboxylic acids is 1. The quantitative estimate of drug-likeness (QED) is 0.298. The van der Waals surface area contributed by atoms with Crippen LogP contribution in [-0.4, -0.2) is 77.0 Å². The molecule has 0 aliphatic heterocycles. The third-order valence-corrected chi connectivity index (χ3v) is 7.28. The Kier molecular flexibility index (Phi) is 10.8. The van der Waals surface area contributed by atoms with E-state index in [2.05, 4.69) is 20.8 Å². The van der Waals surface area contributed by atoms with Crippen molar-refractivity contribution in [1.29, 1.82) is 0 Å². The zero-order valence-electron chi connectivity index (χ0n) is 21.3. The van der Waals surface area contributed by atoms with Crippen molar-refractivity contribution < 1.29 is 29.0 Å². The number of carboxylic acids is 1. The van der Waals surface area contributed by atoms with Gasteiger partial charge in [0.1, 0.15) is 18.3 Å². The molecule has 1 aromatic heterocycles. The van der Waals surface area contributed by atoms with Gasteiger partial charge in [-0.2, -0.15) is 0 Å². The number of halogens is 2. The number of alkyl carbamates (subject to hydrolysis) is 1. The summed E-state index contributed by atoms with van der Waals surface area (Å²) in [5.74, 6) is -1.22. The highest BCUT2D eigenvalue weighted by molar-refractivity contribution is 7.99. The first-order valence-corrected chi connectivity index (χ1v) is 13.1. The molecule has 1 atom stereocenters. The van der Waals surface area contributed by atoms with Gasteiger partial charge in [-0.05, 0) is 52.0 Å². The van der Waals surface area contributed by atoms with Crippen LogP contribution in [0.2, 0.25) is 10.0 Å². The Balaban J connectivity index is 1.62. The minimum Gasteiger partial charge on any atom is -0.497 e. The summed E-state index contributed by atoms with van der Waals surface area (Å²) in [5.41, 5.74) is 1.70. The number of hydrogen-bond donors (Lipinski definition) is 2. The lowest BCUT2D eigenvalue weighted by Gasteiger charge is -2.17. The second-order valence-electron chi connectivity index (χ2n) is 8.35. The maximum atomic E-state index is 13.0. The Morgan fingerprint density at radius 1 is 1.15 bits per heavy atom. The van der Waals surface area contributed by atoms with Crippen LogP contribution in [0.3, 0.4) is 0 Å². The molecule has 0 aliphatic rings. The van der Waals surface area contributed by atoms with E-state index in [1.54, 1.807) is 31.4 Å². The first-order valence-electron chi connectivity index (χ1n) is 11.5. The maximum absolute atomic E-state index is 13.0. The summed E-state index contributed by atoms with van der Waals surface area (Å²) >= 11 is 13.9. The highest BCUT2D eigenvalue weighted by atomic mass is 35.5. The summed E-state index contributed by atoms with van der Waals surface area (Å²) in [5, 5.41) is 23.8. The van der Waals surface area contributed by atoms with Crippen LogP contribution in [0.1, 0.15) is 12.0 Å². The van der Waals surface area contributed by atoms with Gasteiger partial charge in [0.25, 0.3) is 0 Å². The lowest BCUT2D eigenvalue weighted by atomic mass is 10.1. The number of nitrogens with zero attached hydrogens (tertiary/aromatic N) is 5. The van der Waals surface area contributed by atoms with Gasteiger partial charge in [0, 0.05) is 26.2 Å². The minimum absolute atomic E-state index is 0.0219. The number of nitrogens with one attached hydrogen (secondary N) is 1. The smallest absolute Gasteiger partial charge is 0.407 e. The van der Waals surface area contributed by atoms with Crippen LogP contribution in [0.5, 0.6) is 5.75 Å². The molecule has 3 rings (SSSR count). The number of aromatic nitrogens is 4. The second kappa shape index (κ2) is 14.0. The molecule has 3 aromatic rings. The molecule has 12 nitrogen and oxygen atoms in total. The Labute approximate surface area is 238 Å². The molecule has 0 fully saturated rings. The topological polar surface area (TPSA) is 149 Å². The Morgan fingerprint density at radius 2 is 1.82 bits per heavy atom. The number of rotatable bonds is 13. The molecule has 0 radical (unpaired) electrons. The van der Waals surface area contributed by atoms with Gasteiger partial charge in [-0.3, -0.25) is 9.59 Å². The molecule has 1 amide bonds. The van der Waals surface area contributed by atoms with Gasteiger partial charge < -0.3 is 24.8 Å². The van der Waals surface area contributed by atoms with Crippen molar-refractivity contribution in [2.24, 2.45) is 0 Å². The number of carbonyl (C=O) groups excluding carboxylic acids is 2. The summed E-state index contributed by atoms with van der Waals surface area (Å²) in [6, 6.07) is 9.30. The van der Waals surface area contributed by atoms with E-state index in [1.165, 1.54) is 4.68 Å². The first kappa shape index (κ1) is 30.0. The Morgan fingerprint density at radius 3 is 2.41 bits per heavy atom. The third-order valence-electron chi connectivity index (χ3n) is 5.34. The third kappa shape index (κ3) is 8.73. The fourth-order valence-electron chi connectivity index (χ4n) is 3.28. The molecule has 1 unspecified atom stereocenters. The monoisotopic (exact) mass is 596 g/mol. The number of Topliss-reactive ketones (excluding diaryl/α,β-unsaturated/α-hetero) is 1. The van der Waals surface area contributed by atoms with Crippen molar-refractivity contribution in [2.75, 3.05) is 32.7 Å². The summed E-state index contributed by atoms with van der Waals surface area (Å²) < 4.78 is 11.4. The molecule has 0 saturated carbocycles. The number of amides is 1. The highest BCUT2D eigenvalue weighted by Gasteiger charge is 2.26. The molecule has 0 saturated heterocycles. The SMILES string of the molecule is COc1ccc(CCOC(=O)NC(CC(=O)O)C(=O)Cn2nnnc2Sc2c(Cl)cc(N(C)C)cc2Cl)cc1. The largest absolute Gasteiger partial charge is 0.497 e. The summed E-state index contributed by atoms with van der Waals surface area (Å²) in [7, 11) is 5.25. The van der Waals surface area contributed by atoms with Crippen LogP contribution in [0, 0.1) is 0 Å². The average molecular weight is 597 g/mol. The minimum atomic E-state index is -1.37. The fourth-order valence-corrected chi connectivity index (χ4v) is 4.76. The standard InChI is InChI=1S/C24H26Cl2N6O6S/c1-31(2)15-10-17(25)22(18(26)11-15)39-23-28-29-30-32(23)13-20(33)19(12-21(34)35)27-24(36)38-9-8-14-4-6-16(37-3)7-5-14/h4-7,10-11,19H,8-9,12-13H2,1-3H3,(H,27,36)(H,34,35). The van der Waals surface area contributed by atoms with Crippen LogP contribution in [0.4, 0.5) is 10.5 Å².